The number of aromatic amines is 1. The molecule has 2 amide bonds. The van der Waals surface area contributed by atoms with Crippen molar-refractivity contribution in [1.29, 1.82) is 0 Å². The molecular formula is C16H17F4N3O3. The second-order valence-corrected chi connectivity index (χ2v) is 5.31. The molecule has 0 atom stereocenters. The van der Waals surface area contributed by atoms with E-state index in [0.717, 1.165) is 0 Å². The molecule has 0 saturated carbocycles. The Kier molecular flexibility index (Phi) is 6.42. The Morgan fingerprint density at radius 3 is 2.58 bits per heavy atom. The molecule has 2 rings (SSSR count). The minimum Gasteiger partial charge on any atom is -0.488 e. The first-order chi connectivity index (χ1) is 12.3. The lowest BCUT2D eigenvalue weighted by Gasteiger charge is -2.08. The second-order valence-electron chi connectivity index (χ2n) is 5.31. The number of H-pyrrole nitrogens is 1. The Hall–Kier alpha value is -2.78. The normalized spacial score (nSPS) is 11.2. The number of alkyl halides is 4. The van der Waals surface area contributed by atoms with Gasteiger partial charge in [-0.2, -0.15) is 8.78 Å². The highest BCUT2D eigenvalue weighted by molar-refractivity contribution is 6.01. The molecule has 1 heterocycles. The number of rotatable bonds is 8. The molecule has 3 N–H and O–H groups in total. The molecule has 1 aromatic heterocycles. The predicted octanol–water partition coefficient (Wildman–Crippen LogP) is 2.10. The van der Waals surface area contributed by atoms with Crippen molar-refractivity contribution < 1.29 is 31.9 Å². The van der Waals surface area contributed by atoms with Crippen LogP contribution in [0.2, 0.25) is 0 Å². The van der Waals surface area contributed by atoms with E-state index in [1.807, 2.05) is 0 Å². The molecular weight excluding hydrogens is 358 g/mol. The summed E-state index contributed by atoms with van der Waals surface area (Å²) >= 11 is 0. The molecule has 0 bridgehead atoms. The van der Waals surface area contributed by atoms with Crippen LogP contribution in [0.4, 0.5) is 17.6 Å². The van der Waals surface area contributed by atoms with E-state index in [9.17, 15) is 27.2 Å². The van der Waals surface area contributed by atoms with Crippen molar-refractivity contribution in [2.24, 2.45) is 0 Å². The Morgan fingerprint density at radius 2 is 1.96 bits per heavy atom. The van der Waals surface area contributed by atoms with Gasteiger partial charge in [-0.05, 0) is 30.2 Å². The highest BCUT2D eigenvalue weighted by Gasteiger charge is 2.19. The van der Waals surface area contributed by atoms with Gasteiger partial charge in [0.05, 0.1) is 0 Å². The van der Waals surface area contributed by atoms with E-state index in [4.69, 9.17) is 4.74 Å². The molecule has 0 aliphatic heterocycles. The lowest BCUT2D eigenvalue weighted by atomic mass is 10.1. The molecule has 0 radical (unpaired) electrons. The summed E-state index contributed by atoms with van der Waals surface area (Å²) in [6.45, 7) is -0.903. The van der Waals surface area contributed by atoms with Gasteiger partial charge in [0.2, 0.25) is 0 Å². The summed E-state index contributed by atoms with van der Waals surface area (Å²) in [5.74, 6) is -1.67. The number of fused-ring (bicyclic) bond motifs is 1. The third kappa shape index (κ3) is 4.64. The van der Waals surface area contributed by atoms with Gasteiger partial charge in [-0.15, -0.1) is 0 Å². The second kappa shape index (κ2) is 8.54. The molecule has 0 unspecified atom stereocenters. The van der Waals surface area contributed by atoms with Gasteiger partial charge in [0, 0.05) is 24.5 Å². The van der Waals surface area contributed by atoms with E-state index in [-0.39, 0.29) is 24.4 Å². The van der Waals surface area contributed by atoms with Crippen molar-refractivity contribution in [2.75, 3.05) is 20.2 Å². The number of halogens is 4. The van der Waals surface area contributed by atoms with Crippen molar-refractivity contribution in [1.82, 2.24) is 15.6 Å². The van der Waals surface area contributed by atoms with Crippen LogP contribution in [0.3, 0.4) is 0 Å². The van der Waals surface area contributed by atoms with E-state index < -0.39 is 31.3 Å². The van der Waals surface area contributed by atoms with Gasteiger partial charge in [-0.1, -0.05) is 0 Å². The summed E-state index contributed by atoms with van der Waals surface area (Å²) in [5, 5.41) is 5.02. The minimum absolute atomic E-state index is 0.0829. The number of benzene rings is 1. The summed E-state index contributed by atoms with van der Waals surface area (Å²) in [4.78, 5) is 25.9. The summed E-state index contributed by atoms with van der Waals surface area (Å²) < 4.78 is 54.1. The topological polar surface area (TPSA) is 83.2 Å². The van der Waals surface area contributed by atoms with Crippen LogP contribution < -0.4 is 15.4 Å². The molecule has 1 aromatic carbocycles. The fourth-order valence-electron chi connectivity index (χ4n) is 2.44. The average Bonchev–Trinajstić information content (AvgIpc) is 2.97. The first-order valence-corrected chi connectivity index (χ1v) is 7.67. The van der Waals surface area contributed by atoms with Crippen molar-refractivity contribution in [3.05, 3.63) is 29.5 Å². The standard InChI is InChI=1S/C16H17F4N3O3/c1-21-15(24)13-9(4-5-22-16(25)14(19)20)10-6-8(26-7-12(17)18)2-3-11(10)23-13/h2-3,6,12,14,23H,4-5,7H2,1H3,(H,21,24)(H,22,25). The van der Waals surface area contributed by atoms with E-state index in [2.05, 4.69) is 15.6 Å². The van der Waals surface area contributed by atoms with Crippen LogP contribution in [0, 0.1) is 0 Å². The van der Waals surface area contributed by atoms with Crippen LogP contribution in [-0.2, 0) is 11.2 Å². The molecule has 26 heavy (non-hydrogen) atoms. The maximum atomic E-state index is 12.3. The highest BCUT2D eigenvalue weighted by Crippen LogP contribution is 2.27. The molecule has 0 spiro atoms. The number of ether oxygens (including phenoxy) is 1. The average molecular weight is 375 g/mol. The summed E-state index contributed by atoms with van der Waals surface area (Å²) in [6.07, 6.45) is -5.69. The summed E-state index contributed by atoms with van der Waals surface area (Å²) in [6, 6.07) is 4.51. The molecule has 2 aromatic rings. The Morgan fingerprint density at radius 1 is 1.23 bits per heavy atom. The predicted molar refractivity (Wildman–Crippen MR) is 85.9 cm³/mol. The van der Waals surface area contributed by atoms with Gasteiger partial charge in [0.25, 0.3) is 18.2 Å². The Bertz CT molecular complexity index is 792. The smallest absolute Gasteiger partial charge is 0.315 e. The molecule has 0 fully saturated rings. The number of carbonyl (C=O) groups excluding carboxylic acids is 2. The van der Waals surface area contributed by atoms with Gasteiger partial charge in [0.15, 0.2) is 0 Å². The number of amides is 2. The van der Waals surface area contributed by atoms with Crippen molar-refractivity contribution in [3.8, 4) is 5.75 Å². The zero-order valence-electron chi connectivity index (χ0n) is 13.7. The first kappa shape index (κ1) is 19.5. The van der Waals surface area contributed by atoms with Gasteiger partial charge in [-0.25, -0.2) is 8.78 Å². The van der Waals surface area contributed by atoms with Crippen LogP contribution in [0.15, 0.2) is 18.2 Å². The van der Waals surface area contributed by atoms with E-state index in [0.29, 0.717) is 16.5 Å². The molecule has 0 aliphatic carbocycles. The van der Waals surface area contributed by atoms with Crippen LogP contribution in [0.25, 0.3) is 10.9 Å². The van der Waals surface area contributed by atoms with Crippen LogP contribution in [0.5, 0.6) is 5.75 Å². The molecule has 10 heteroatoms. The lowest BCUT2D eigenvalue weighted by molar-refractivity contribution is -0.131. The lowest BCUT2D eigenvalue weighted by Crippen LogP contribution is -2.31. The number of hydrogen-bond donors (Lipinski definition) is 3. The van der Waals surface area contributed by atoms with Crippen molar-refractivity contribution >= 4 is 22.7 Å². The van der Waals surface area contributed by atoms with Crippen molar-refractivity contribution in [2.45, 2.75) is 19.3 Å². The molecule has 142 valence electrons. The van der Waals surface area contributed by atoms with E-state index in [1.54, 1.807) is 6.07 Å². The number of nitrogens with one attached hydrogen (secondary N) is 3. The van der Waals surface area contributed by atoms with E-state index in [1.165, 1.54) is 19.2 Å². The zero-order chi connectivity index (χ0) is 19.3. The number of hydrogen-bond acceptors (Lipinski definition) is 3. The van der Waals surface area contributed by atoms with Gasteiger partial charge < -0.3 is 20.4 Å². The van der Waals surface area contributed by atoms with E-state index >= 15 is 0 Å². The van der Waals surface area contributed by atoms with Crippen LogP contribution >= 0.6 is 0 Å². The van der Waals surface area contributed by atoms with Crippen LogP contribution in [0.1, 0.15) is 16.1 Å². The Labute approximate surface area is 145 Å². The highest BCUT2D eigenvalue weighted by atomic mass is 19.3. The minimum atomic E-state index is -3.13. The maximum absolute atomic E-state index is 12.3. The molecule has 0 aliphatic rings. The quantitative estimate of drug-likeness (QED) is 0.618. The fraction of sp³-hybridized carbons (Fsp3) is 0.375. The summed E-state index contributed by atoms with van der Waals surface area (Å²) in [5.41, 5.74) is 1.19. The van der Waals surface area contributed by atoms with Crippen molar-refractivity contribution in [3.63, 3.8) is 0 Å². The third-order valence-electron chi connectivity index (χ3n) is 3.58. The first-order valence-electron chi connectivity index (χ1n) is 7.67. The monoisotopic (exact) mass is 375 g/mol. The Balaban J connectivity index is 2.30. The molecule has 0 saturated heterocycles. The number of aromatic nitrogens is 1. The summed E-state index contributed by atoms with van der Waals surface area (Å²) in [7, 11) is 1.42. The zero-order valence-corrected chi connectivity index (χ0v) is 13.7. The fourth-order valence-corrected chi connectivity index (χ4v) is 2.44. The third-order valence-corrected chi connectivity index (χ3v) is 3.58. The van der Waals surface area contributed by atoms with Gasteiger partial charge >= 0.3 is 6.43 Å². The maximum Gasteiger partial charge on any atom is 0.315 e. The molecule has 6 nitrogen and oxygen atoms in total. The van der Waals surface area contributed by atoms with Gasteiger partial charge in [0.1, 0.15) is 18.1 Å². The van der Waals surface area contributed by atoms with Crippen LogP contribution in [-0.4, -0.2) is 49.8 Å². The number of carbonyl (C=O) groups is 2. The van der Waals surface area contributed by atoms with Gasteiger partial charge in [-0.3, -0.25) is 9.59 Å². The SMILES string of the molecule is CNC(=O)c1[nH]c2ccc(OCC(F)F)cc2c1CCNC(=O)C(F)F. The largest absolute Gasteiger partial charge is 0.488 e.